The molecule has 0 spiro atoms. The van der Waals surface area contributed by atoms with Crippen LogP contribution in [0.4, 0.5) is 0 Å². The topological polar surface area (TPSA) is 18.5 Å². The molecule has 0 radical (unpaired) electrons. The summed E-state index contributed by atoms with van der Waals surface area (Å²) in [5.74, 6) is 0. The first-order valence-corrected chi connectivity index (χ1v) is 7.93. The second-order valence-electron chi connectivity index (χ2n) is 6.15. The first-order chi connectivity index (χ1) is 8.79. The third-order valence-corrected chi connectivity index (χ3v) is 4.84. The van der Waals surface area contributed by atoms with Crippen LogP contribution >= 0.6 is 0 Å². The highest BCUT2D eigenvalue weighted by Gasteiger charge is 2.25. The van der Waals surface area contributed by atoms with Crippen LogP contribution in [-0.4, -0.2) is 61.7 Å². The number of hydrogen-bond acceptors (Lipinski definition) is 3. The highest BCUT2D eigenvalue weighted by Crippen LogP contribution is 2.20. The van der Waals surface area contributed by atoms with E-state index < -0.39 is 0 Å². The third-order valence-electron chi connectivity index (χ3n) is 4.84. The molecule has 1 atom stereocenters. The van der Waals surface area contributed by atoms with Crippen LogP contribution in [0.25, 0.3) is 0 Å². The summed E-state index contributed by atoms with van der Waals surface area (Å²) < 4.78 is 0. The Morgan fingerprint density at radius 3 is 2.33 bits per heavy atom. The van der Waals surface area contributed by atoms with Gasteiger partial charge < -0.3 is 15.1 Å². The molecule has 18 heavy (non-hydrogen) atoms. The molecule has 2 fully saturated rings. The van der Waals surface area contributed by atoms with Crippen LogP contribution in [-0.2, 0) is 0 Å². The summed E-state index contributed by atoms with van der Waals surface area (Å²) in [6.45, 7) is 8.91. The quantitative estimate of drug-likeness (QED) is 0.808. The normalized spacial score (nSPS) is 26.3. The molecule has 2 heterocycles. The van der Waals surface area contributed by atoms with E-state index in [-0.39, 0.29) is 0 Å². The van der Waals surface area contributed by atoms with Crippen LogP contribution in [0.5, 0.6) is 0 Å². The van der Waals surface area contributed by atoms with Crippen molar-refractivity contribution in [2.24, 2.45) is 0 Å². The van der Waals surface area contributed by atoms with Gasteiger partial charge >= 0.3 is 0 Å². The summed E-state index contributed by atoms with van der Waals surface area (Å²) in [6.07, 6.45) is 8.39. The number of nitrogens with one attached hydrogen (secondary N) is 1. The fraction of sp³-hybridized carbons (Fsp3) is 1.00. The third kappa shape index (κ3) is 4.22. The van der Waals surface area contributed by atoms with Gasteiger partial charge in [-0.3, -0.25) is 0 Å². The summed E-state index contributed by atoms with van der Waals surface area (Å²) in [5.41, 5.74) is 0. The largest absolute Gasteiger partial charge is 0.317 e. The predicted octanol–water partition coefficient (Wildman–Crippen LogP) is 1.93. The molecular formula is C15H31N3. The lowest BCUT2D eigenvalue weighted by atomic mass is 9.99. The van der Waals surface area contributed by atoms with Crippen molar-refractivity contribution < 1.29 is 0 Å². The van der Waals surface area contributed by atoms with Gasteiger partial charge in [-0.15, -0.1) is 0 Å². The first kappa shape index (κ1) is 14.3. The van der Waals surface area contributed by atoms with Crippen LogP contribution in [0.15, 0.2) is 0 Å². The van der Waals surface area contributed by atoms with Crippen molar-refractivity contribution in [1.82, 2.24) is 15.1 Å². The summed E-state index contributed by atoms with van der Waals surface area (Å²) in [4.78, 5) is 5.42. The van der Waals surface area contributed by atoms with E-state index in [9.17, 15) is 0 Å². The van der Waals surface area contributed by atoms with Gasteiger partial charge in [-0.2, -0.15) is 0 Å². The molecule has 106 valence electrons. The van der Waals surface area contributed by atoms with Crippen molar-refractivity contribution in [1.29, 1.82) is 0 Å². The minimum Gasteiger partial charge on any atom is -0.317 e. The lowest BCUT2D eigenvalue weighted by molar-refractivity contribution is 0.0911. The molecule has 2 aliphatic heterocycles. The van der Waals surface area contributed by atoms with Crippen molar-refractivity contribution in [3.63, 3.8) is 0 Å². The molecule has 0 aromatic carbocycles. The van der Waals surface area contributed by atoms with Crippen molar-refractivity contribution >= 4 is 0 Å². The molecule has 1 N–H and O–H groups in total. The molecule has 3 heteroatoms. The monoisotopic (exact) mass is 253 g/mol. The van der Waals surface area contributed by atoms with E-state index in [2.05, 4.69) is 29.1 Å². The molecule has 0 saturated carbocycles. The van der Waals surface area contributed by atoms with E-state index in [1.807, 2.05) is 0 Å². The maximum atomic E-state index is 3.33. The number of piperidine rings is 2. The number of likely N-dealkylation sites (tertiary alicyclic amines) is 2. The smallest absolute Gasteiger partial charge is 0.0120 e. The van der Waals surface area contributed by atoms with Gasteiger partial charge in [0.1, 0.15) is 0 Å². The van der Waals surface area contributed by atoms with Gasteiger partial charge in [0.05, 0.1) is 0 Å². The Labute approximate surface area is 113 Å². The van der Waals surface area contributed by atoms with Crippen LogP contribution in [0, 0.1) is 0 Å². The lowest BCUT2D eigenvalue weighted by Gasteiger charge is -2.40. The fourth-order valence-corrected chi connectivity index (χ4v) is 3.31. The average Bonchev–Trinajstić information content (AvgIpc) is 2.46. The van der Waals surface area contributed by atoms with Gasteiger partial charge in [0.25, 0.3) is 0 Å². The van der Waals surface area contributed by atoms with E-state index >= 15 is 0 Å². The molecule has 3 nitrogen and oxygen atoms in total. The standard InChI is InChI=1S/C15H31N3/c1-14(16-2)6-11-17-12-7-15(8-13-17)18-9-4-3-5-10-18/h14-16H,3-13H2,1-2H3. The number of nitrogens with zero attached hydrogens (tertiary/aromatic N) is 2. The summed E-state index contributed by atoms with van der Waals surface area (Å²) >= 11 is 0. The molecule has 0 aromatic heterocycles. The second-order valence-corrected chi connectivity index (χ2v) is 6.15. The van der Waals surface area contributed by atoms with Gasteiger partial charge in [0.15, 0.2) is 0 Å². The lowest BCUT2D eigenvalue weighted by Crippen LogP contribution is -2.47. The van der Waals surface area contributed by atoms with Crippen LogP contribution in [0.3, 0.4) is 0 Å². The highest BCUT2D eigenvalue weighted by molar-refractivity contribution is 4.81. The number of hydrogen-bond donors (Lipinski definition) is 1. The molecule has 0 aromatic rings. The second kappa shape index (κ2) is 7.46. The molecule has 0 aliphatic carbocycles. The SMILES string of the molecule is CNC(C)CCN1CCC(N2CCCCC2)CC1. The molecule has 2 rings (SSSR count). The zero-order chi connectivity index (χ0) is 12.8. The maximum absolute atomic E-state index is 3.33. The Morgan fingerprint density at radius 2 is 1.72 bits per heavy atom. The predicted molar refractivity (Wildman–Crippen MR) is 78.0 cm³/mol. The van der Waals surface area contributed by atoms with Crippen molar-refractivity contribution in [3.05, 3.63) is 0 Å². The summed E-state index contributed by atoms with van der Waals surface area (Å²) in [5, 5.41) is 3.33. The van der Waals surface area contributed by atoms with Gasteiger partial charge in [-0.1, -0.05) is 6.42 Å². The van der Waals surface area contributed by atoms with E-state index in [1.54, 1.807) is 0 Å². The first-order valence-electron chi connectivity index (χ1n) is 7.93. The van der Waals surface area contributed by atoms with Crippen LogP contribution in [0.1, 0.15) is 45.4 Å². The number of rotatable bonds is 5. The van der Waals surface area contributed by atoms with Crippen LogP contribution in [0.2, 0.25) is 0 Å². The highest BCUT2D eigenvalue weighted by atomic mass is 15.2. The van der Waals surface area contributed by atoms with E-state index in [0.717, 1.165) is 6.04 Å². The Kier molecular flexibility index (Phi) is 5.93. The summed E-state index contributed by atoms with van der Waals surface area (Å²) in [6, 6.07) is 1.55. The van der Waals surface area contributed by atoms with E-state index in [0.29, 0.717) is 6.04 Å². The maximum Gasteiger partial charge on any atom is 0.0120 e. The Bertz CT molecular complexity index is 218. The average molecular weight is 253 g/mol. The summed E-state index contributed by atoms with van der Waals surface area (Å²) in [7, 11) is 2.06. The molecule has 0 bridgehead atoms. The minimum absolute atomic E-state index is 0.657. The molecular weight excluding hydrogens is 222 g/mol. The van der Waals surface area contributed by atoms with Gasteiger partial charge in [-0.05, 0) is 78.8 Å². The van der Waals surface area contributed by atoms with Gasteiger partial charge in [-0.25, -0.2) is 0 Å². The Morgan fingerprint density at radius 1 is 1.06 bits per heavy atom. The fourth-order valence-electron chi connectivity index (χ4n) is 3.31. The van der Waals surface area contributed by atoms with Crippen molar-refractivity contribution in [3.8, 4) is 0 Å². The Balaban J connectivity index is 1.64. The minimum atomic E-state index is 0.657. The van der Waals surface area contributed by atoms with E-state index in [4.69, 9.17) is 0 Å². The van der Waals surface area contributed by atoms with Gasteiger partial charge in [0.2, 0.25) is 0 Å². The van der Waals surface area contributed by atoms with Crippen LogP contribution < -0.4 is 5.32 Å². The zero-order valence-electron chi connectivity index (χ0n) is 12.3. The zero-order valence-corrected chi connectivity index (χ0v) is 12.3. The van der Waals surface area contributed by atoms with Crippen molar-refractivity contribution in [2.45, 2.75) is 57.5 Å². The molecule has 2 saturated heterocycles. The van der Waals surface area contributed by atoms with Crippen molar-refractivity contribution in [2.75, 3.05) is 39.8 Å². The van der Waals surface area contributed by atoms with E-state index in [1.165, 1.54) is 71.2 Å². The molecule has 0 amide bonds. The Hall–Kier alpha value is -0.120. The van der Waals surface area contributed by atoms with Gasteiger partial charge in [0, 0.05) is 12.1 Å². The molecule has 1 unspecified atom stereocenters. The molecule has 2 aliphatic rings.